The van der Waals surface area contributed by atoms with E-state index in [1.165, 1.54) is 23.3 Å². The lowest BCUT2D eigenvalue weighted by Crippen LogP contribution is -2.39. The summed E-state index contributed by atoms with van der Waals surface area (Å²) in [5.41, 5.74) is 1.69. The van der Waals surface area contributed by atoms with Crippen LogP contribution < -0.4 is 21.2 Å². The van der Waals surface area contributed by atoms with Gasteiger partial charge in [0.25, 0.3) is 5.91 Å². The number of ether oxygens (including phenoxy) is 1. The molecule has 0 saturated heterocycles. The number of methoxy groups -OCH3 is 1. The van der Waals surface area contributed by atoms with Crippen LogP contribution in [0.15, 0.2) is 46.0 Å². The maximum Gasteiger partial charge on any atom is 0.316 e. The quantitative estimate of drug-likeness (QED) is 0.728. The van der Waals surface area contributed by atoms with Crippen LogP contribution in [-0.2, 0) is 14.1 Å². The van der Waals surface area contributed by atoms with Crippen molar-refractivity contribution in [3.05, 3.63) is 68.2 Å². The normalized spacial score (nSPS) is 10.8. The third-order valence-electron chi connectivity index (χ3n) is 4.44. The Labute approximate surface area is 149 Å². The molecule has 0 aliphatic rings. The summed E-state index contributed by atoms with van der Waals surface area (Å²) in [5.74, 6) is 0.151. The van der Waals surface area contributed by atoms with Gasteiger partial charge in [-0.25, -0.2) is 0 Å². The van der Waals surface area contributed by atoms with E-state index in [-0.39, 0.29) is 5.91 Å². The van der Waals surface area contributed by atoms with Crippen molar-refractivity contribution in [1.29, 1.82) is 0 Å². The van der Waals surface area contributed by atoms with E-state index in [2.05, 4.69) is 5.32 Å². The van der Waals surface area contributed by atoms with E-state index in [4.69, 9.17) is 4.74 Å². The molecule has 7 heteroatoms. The lowest BCUT2D eigenvalue weighted by Gasteiger charge is -2.15. The standard InChI is InChI=1S/C19H19N3O4/c1-11-9-14-15(22(3)19(25)18(24)21(14)2)10-13(11)20-17(23)12-7-5-6-8-16(12)26-4/h5-10H,1-4H3,(H,20,23). The molecule has 0 atom stereocenters. The number of benzene rings is 2. The minimum atomic E-state index is -0.620. The number of hydrogen-bond acceptors (Lipinski definition) is 4. The minimum absolute atomic E-state index is 0.320. The van der Waals surface area contributed by atoms with Gasteiger partial charge in [0.2, 0.25) is 0 Å². The van der Waals surface area contributed by atoms with Gasteiger partial charge in [-0.05, 0) is 36.8 Å². The van der Waals surface area contributed by atoms with Crippen molar-refractivity contribution in [3.63, 3.8) is 0 Å². The largest absolute Gasteiger partial charge is 0.496 e. The highest BCUT2D eigenvalue weighted by Crippen LogP contribution is 2.24. The molecule has 0 aliphatic carbocycles. The Morgan fingerprint density at radius 2 is 1.58 bits per heavy atom. The number of fused-ring (bicyclic) bond motifs is 1. The van der Waals surface area contributed by atoms with Crippen LogP contribution in [0.5, 0.6) is 5.75 Å². The molecule has 2 aromatic carbocycles. The minimum Gasteiger partial charge on any atom is -0.496 e. The number of rotatable bonds is 3. The fourth-order valence-electron chi connectivity index (χ4n) is 2.88. The van der Waals surface area contributed by atoms with Crippen LogP contribution in [0, 0.1) is 6.92 Å². The third kappa shape index (κ3) is 2.77. The Bertz CT molecular complexity index is 1140. The van der Waals surface area contributed by atoms with Gasteiger partial charge in [-0.15, -0.1) is 0 Å². The molecule has 7 nitrogen and oxygen atoms in total. The maximum atomic E-state index is 12.6. The van der Waals surface area contributed by atoms with Gasteiger partial charge in [-0.3, -0.25) is 14.4 Å². The number of nitrogens with one attached hydrogen (secondary N) is 1. The molecular formula is C19H19N3O4. The highest BCUT2D eigenvalue weighted by Gasteiger charge is 2.15. The first-order chi connectivity index (χ1) is 12.3. The SMILES string of the molecule is COc1ccccc1C(=O)Nc1cc2c(cc1C)n(C)c(=O)c(=O)n2C. The van der Waals surface area contributed by atoms with Gasteiger partial charge in [0, 0.05) is 19.8 Å². The van der Waals surface area contributed by atoms with Crippen LogP contribution >= 0.6 is 0 Å². The average Bonchev–Trinajstić information content (AvgIpc) is 2.65. The van der Waals surface area contributed by atoms with Gasteiger partial charge in [0.1, 0.15) is 5.75 Å². The molecule has 0 spiro atoms. The molecule has 0 radical (unpaired) electrons. The van der Waals surface area contributed by atoms with Crippen molar-refractivity contribution in [2.45, 2.75) is 6.92 Å². The van der Waals surface area contributed by atoms with E-state index in [0.29, 0.717) is 28.0 Å². The maximum absolute atomic E-state index is 12.6. The second-order valence-electron chi connectivity index (χ2n) is 6.04. The summed E-state index contributed by atoms with van der Waals surface area (Å²) in [4.78, 5) is 36.7. The van der Waals surface area contributed by atoms with E-state index in [1.807, 2.05) is 6.92 Å². The molecule has 0 bridgehead atoms. The first-order valence-electron chi connectivity index (χ1n) is 8.00. The molecule has 0 aliphatic heterocycles. The fraction of sp³-hybridized carbons (Fsp3) is 0.211. The van der Waals surface area contributed by atoms with E-state index in [1.54, 1.807) is 43.4 Å². The summed E-state index contributed by atoms with van der Waals surface area (Å²) >= 11 is 0. The number of anilines is 1. The van der Waals surface area contributed by atoms with Crippen molar-refractivity contribution in [2.75, 3.05) is 12.4 Å². The van der Waals surface area contributed by atoms with Crippen LogP contribution in [0.3, 0.4) is 0 Å². The van der Waals surface area contributed by atoms with Crippen molar-refractivity contribution in [1.82, 2.24) is 9.13 Å². The highest BCUT2D eigenvalue weighted by atomic mass is 16.5. The fourth-order valence-corrected chi connectivity index (χ4v) is 2.88. The van der Waals surface area contributed by atoms with Crippen LogP contribution in [0.1, 0.15) is 15.9 Å². The van der Waals surface area contributed by atoms with Crippen LogP contribution in [0.2, 0.25) is 0 Å². The Morgan fingerprint density at radius 1 is 1.00 bits per heavy atom. The molecule has 1 amide bonds. The van der Waals surface area contributed by atoms with Gasteiger partial charge in [0.05, 0.1) is 23.7 Å². The first-order valence-corrected chi connectivity index (χ1v) is 8.00. The molecular weight excluding hydrogens is 334 g/mol. The first kappa shape index (κ1) is 17.5. The predicted molar refractivity (Wildman–Crippen MR) is 100 cm³/mol. The summed E-state index contributed by atoms with van der Waals surface area (Å²) in [6, 6.07) is 10.4. The molecule has 3 rings (SSSR count). The zero-order chi connectivity index (χ0) is 19.0. The highest BCUT2D eigenvalue weighted by molar-refractivity contribution is 6.07. The number of aromatic nitrogens is 2. The summed E-state index contributed by atoms with van der Waals surface area (Å²) < 4.78 is 7.83. The van der Waals surface area contributed by atoms with Gasteiger partial charge in [-0.1, -0.05) is 12.1 Å². The smallest absolute Gasteiger partial charge is 0.316 e. The van der Waals surface area contributed by atoms with Crippen molar-refractivity contribution >= 4 is 22.6 Å². The number of aryl methyl sites for hydroxylation is 3. The monoisotopic (exact) mass is 353 g/mol. The van der Waals surface area contributed by atoms with Crippen LogP contribution in [0.4, 0.5) is 5.69 Å². The third-order valence-corrected chi connectivity index (χ3v) is 4.44. The molecule has 0 unspecified atom stereocenters. The lowest BCUT2D eigenvalue weighted by atomic mass is 10.1. The van der Waals surface area contributed by atoms with E-state index in [9.17, 15) is 14.4 Å². The van der Waals surface area contributed by atoms with E-state index < -0.39 is 11.1 Å². The number of carbonyl (C=O) groups excluding carboxylic acids is 1. The molecule has 26 heavy (non-hydrogen) atoms. The Hall–Kier alpha value is -3.35. The number of hydrogen-bond donors (Lipinski definition) is 1. The van der Waals surface area contributed by atoms with Gasteiger partial charge in [-0.2, -0.15) is 0 Å². The van der Waals surface area contributed by atoms with Crippen LogP contribution in [0.25, 0.3) is 11.0 Å². The number of amides is 1. The molecule has 1 aromatic heterocycles. The van der Waals surface area contributed by atoms with Crippen molar-refractivity contribution in [2.24, 2.45) is 14.1 Å². The second-order valence-corrected chi connectivity index (χ2v) is 6.04. The van der Waals surface area contributed by atoms with Crippen LogP contribution in [-0.4, -0.2) is 22.2 Å². The molecule has 0 fully saturated rings. The summed E-state index contributed by atoms with van der Waals surface area (Å²) in [6.45, 7) is 1.83. The summed E-state index contributed by atoms with van der Waals surface area (Å²) in [7, 11) is 4.59. The van der Waals surface area contributed by atoms with Crippen molar-refractivity contribution in [3.8, 4) is 5.75 Å². The zero-order valence-electron chi connectivity index (χ0n) is 15.0. The summed E-state index contributed by atoms with van der Waals surface area (Å²) in [6.07, 6.45) is 0. The number of nitrogens with zero attached hydrogens (tertiary/aromatic N) is 2. The topological polar surface area (TPSA) is 82.3 Å². The molecule has 1 heterocycles. The second kappa shape index (κ2) is 6.51. The molecule has 1 N–H and O–H groups in total. The number of carbonyl (C=O) groups is 1. The number of para-hydroxylation sites is 1. The Kier molecular flexibility index (Phi) is 4.38. The molecule has 134 valence electrons. The predicted octanol–water partition coefficient (Wildman–Crippen LogP) is 1.81. The molecule has 3 aromatic rings. The Balaban J connectivity index is 2.12. The van der Waals surface area contributed by atoms with Crippen molar-refractivity contribution < 1.29 is 9.53 Å². The zero-order valence-corrected chi connectivity index (χ0v) is 15.0. The van der Waals surface area contributed by atoms with E-state index >= 15 is 0 Å². The van der Waals surface area contributed by atoms with E-state index in [0.717, 1.165) is 5.56 Å². The van der Waals surface area contributed by atoms with Gasteiger partial charge in [0.15, 0.2) is 0 Å². The van der Waals surface area contributed by atoms with Gasteiger partial charge < -0.3 is 19.2 Å². The average molecular weight is 353 g/mol. The summed E-state index contributed by atoms with van der Waals surface area (Å²) in [5, 5.41) is 2.85. The van der Waals surface area contributed by atoms with Gasteiger partial charge >= 0.3 is 11.1 Å². The lowest BCUT2D eigenvalue weighted by molar-refractivity contribution is 0.102. The molecule has 0 saturated carbocycles. The Morgan fingerprint density at radius 3 is 2.19 bits per heavy atom.